The van der Waals surface area contributed by atoms with Crippen LogP contribution in [0.3, 0.4) is 0 Å². The molecule has 0 unspecified atom stereocenters. The molecule has 142 valence electrons. The van der Waals surface area contributed by atoms with Crippen LogP contribution in [0.4, 0.5) is 5.13 Å². The monoisotopic (exact) mass is 427 g/mol. The number of carbonyl (C=O) groups is 2. The van der Waals surface area contributed by atoms with Gasteiger partial charge in [0.05, 0.1) is 10.0 Å². The molecule has 0 saturated carbocycles. The summed E-state index contributed by atoms with van der Waals surface area (Å²) in [6, 6.07) is 1.76. The third-order valence-electron chi connectivity index (χ3n) is 4.30. The number of thiazole rings is 1. The number of nitriles is 1. The number of aromatic nitrogens is 2. The molecule has 0 atom stereocenters. The Kier molecular flexibility index (Phi) is 5.60. The fraction of sp³-hybridized carbons (Fsp3) is 0.375. The molecule has 0 aliphatic carbocycles. The van der Waals surface area contributed by atoms with Crippen molar-refractivity contribution in [1.82, 2.24) is 15.3 Å². The zero-order valence-electron chi connectivity index (χ0n) is 14.2. The van der Waals surface area contributed by atoms with E-state index in [1.165, 1.54) is 0 Å². The molecule has 2 aromatic heterocycles. The Morgan fingerprint density at radius 1 is 1.37 bits per heavy atom. The van der Waals surface area contributed by atoms with Crippen LogP contribution in [-0.2, 0) is 0 Å². The first-order valence-electron chi connectivity index (χ1n) is 8.05. The number of hydrogen-bond donors (Lipinski definition) is 3. The van der Waals surface area contributed by atoms with E-state index in [1.807, 2.05) is 11.0 Å². The van der Waals surface area contributed by atoms with Crippen LogP contribution in [-0.4, -0.2) is 46.1 Å². The molecule has 0 radical (unpaired) electrons. The number of nitrogens with zero attached hydrogens (tertiary/aromatic N) is 3. The van der Waals surface area contributed by atoms with Crippen molar-refractivity contribution in [2.75, 3.05) is 18.0 Å². The number of aromatic amines is 1. The average molecular weight is 428 g/mol. The van der Waals surface area contributed by atoms with Gasteiger partial charge in [0, 0.05) is 24.8 Å². The zero-order valence-corrected chi connectivity index (χ0v) is 16.5. The van der Waals surface area contributed by atoms with Crippen LogP contribution in [0.1, 0.15) is 44.4 Å². The largest absolute Gasteiger partial charge is 0.477 e. The number of amides is 1. The number of hydrogen-bond acceptors (Lipinski definition) is 6. The first-order chi connectivity index (χ1) is 12.8. The topological polar surface area (TPSA) is 122 Å². The van der Waals surface area contributed by atoms with Crippen LogP contribution in [0.15, 0.2) is 0 Å². The number of H-pyrrole nitrogens is 1. The molecule has 3 rings (SSSR count). The summed E-state index contributed by atoms with van der Waals surface area (Å²) in [6.45, 7) is 2.90. The second kappa shape index (κ2) is 7.76. The van der Waals surface area contributed by atoms with Crippen molar-refractivity contribution in [3.8, 4) is 6.07 Å². The van der Waals surface area contributed by atoms with E-state index < -0.39 is 5.97 Å². The summed E-state index contributed by atoms with van der Waals surface area (Å²) in [7, 11) is 0. The molecular weight excluding hydrogens is 413 g/mol. The highest BCUT2D eigenvalue weighted by Crippen LogP contribution is 2.30. The summed E-state index contributed by atoms with van der Waals surface area (Å²) in [5.74, 6) is -1.48. The van der Waals surface area contributed by atoms with E-state index in [-0.39, 0.29) is 33.2 Å². The van der Waals surface area contributed by atoms with Crippen LogP contribution in [0.5, 0.6) is 0 Å². The summed E-state index contributed by atoms with van der Waals surface area (Å²) in [4.78, 5) is 32.4. The minimum Gasteiger partial charge on any atom is -0.477 e. The Morgan fingerprint density at radius 3 is 2.52 bits per heavy atom. The van der Waals surface area contributed by atoms with Gasteiger partial charge in [0.1, 0.15) is 11.8 Å². The summed E-state index contributed by atoms with van der Waals surface area (Å²) < 4.78 is 0. The molecule has 1 saturated heterocycles. The molecule has 1 amide bonds. The smallest absolute Gasteiger partial charge is 0.349 e. The van der Waals surface area contributed by atoms with Gasteiger partial charge in [-0.2, -0.15) is 5.26 Å². The Balaban J connectivity index is 1.62. The van der Waals surface area contributed by atoms with Gasteiger partial charge in [0.15, 0.2) is 15.7 Å². The third kappa shape index (κ3) is 3.88. The molecule has 1 aliphatic rings. The number of rotatable bonds is 4. The van der Waals surface area contributed by atoms with Gasteiger partial charge in [-0.25, -0.2) is 9.78 Å². The lowest BCUT2D eigenvalue weighted by atomic mass is 10.1. The lowest BCUT2D eigenvalue weighted by molar-refractivity contribution is 0.0701. The Hall–Kier alpha value is -2.28. The number of carboxylic acid groups (broad SMARTS) is 1. The van der Waals surface area contributed by atoms with Crippen molar-refractivity contribution in [3.05, 3.63) is 32.0 Å². The SMILES string of the molecule is Cc1[nH]c(C(=O)NC2CCN(c3nc(C#N)c(C(=O)O)s3)CC2)c(Cl)c1Cl. The quantitative estimate of drug-likeness (QED) is 0.688. The number of halogens is 2. The van der Waals surface area contributed by atoms with Gasteiger partial charge in [-0.15, -0.1) is 0 Å². The van der Waals surface area contributed by atoms with Crippen LogP contribution in [0.2, 0.25) is 10.0 Å². The van der Waals surface area contributed by atoms with E-state index in [4.69, 9.17) is 33.6 Å². The highest BCUT2D eigenvalue weighted by molar-refractivity contribution is 7.17. The molecule has 0 spiro atoms. The summed E-state index contributed by atoms with van der Waals surface area (Å²) in [5.41, 5.74) is 0.797. The van der Waals surface area contributed by atoms with E-state index in [2.05, 4.69) is 15.3 Å². The number of piperidine rings is 1. The van der Waals surface area contributed by atoms with Gasteiger partial charge < -0.3 is 20.3 Å². The van der Waals surface area contributed by atoms with E-state index >= 15 is 0 Å². The predicted molar refractivity (Wildman–Crippen MR) is 102 cm³/mol. The molecule has 27 heavy (non-hydrogen) atoms. The molecule has 0 bridgehead atoms. The number of carbonyl (C=O) groups excluding carboxylic acids is 1. The molecule has 1 aliphatic heterocycles. The van der Waals surface area contributed by atoms with Crippen molar-refractivity contribution in [2.24, 2.45) is 0 Å². The van der Waals surface area contributed by atoms with Gasteiger partial charge in [-0.1, -0.05) is 34.5 Å². The van der Waals surface area contributed by atoms with Crippen LogP contribution in [0.25, 0.3) is 0 Å². The second-order valence-electron chi connectivity index (χ2n) is 6.08. The fourth-order valence-corrected chi connectivity index (χ4v) is 4.19. The Labute approximate surface area is 168 Å². The minimum atomic E-state index is -1.16. The number of aromatic carboxylic acids is 1. The highest BCUT2D eigenvalue weighted by Gasteiger charge is 2.27. The molecule has 3 N–H and O–H groups in total. The predicted octanol–water partition coefficient (Wildman–Crippen LogP) is 3.06. The Morgan fingerprint density at radius 2 is 2.04 bits per heavy atom. The van der Waals surface area contributed by atoms with Crippen LogP contribution >= 0.6 is 34.5 Å². The maximum atomic E-state index is 12.4. The van der Waals surface area contributed by atoms with Crippen molar-refractivity contribution >= 4 is 51.5 Å². The van der Waals surface area contributed by atoms with Gasteiger partial charge in [-0.3, -0.25) is 4.79 Å². The fourth-order valence-electron chi connectivity index (χ4n) is 2.87. The summed E-state index contributed by atoms with van der Waals surface area (Å²) in [6.07, 6.45) is 1.31. The van der Waals surface area contributed by atoms with E-state index in [1.54, 1.807) is 6.92 Å². The summed E-state index contributed by atoms with van der Waals surface area (Å²) >= 11 is 13.1. The van der Waals surface area contributed by atoms with Gasteiger partial charge >= 0.3 is 5.97 Å². The van der Waals surface area contributed by atoms with E-state index in [9.17, 15) is 9.59 Å². The first-order valence-corrected chi connectivity index (χ1v) is 9.62. The zero-order chi connectivity index (χ0) is 19.7. The van der Waals surface area contributed by atoms with Crippen molar-refractivity contribution in [1.29, 1.82) is 5.26 Å². The molecule has 8 nitrogen and oxygen atoms in total. The normalized spacial score (nSPS) is 14.8. The molecule has 1 fully saturated rings. The third-order valence-corrected chi connectivity index (χ3v) is 6.35. The molecule has 0 aromatic carbocycles. The molecular formula is C16H15Cl2N5O3S. The van der Waals surface area contributed by atoms with E-state index in [0.29, 0.717) is 41.8 Å². The molecule has 2 aromatic rings. The number of anilines is 1. The standard InChI is InChI=1S/C16H15Cl2N5O3S/c1-7-10(17)11(18)12(20-7)14(24)21-8-2-4-23(5-3-8)16-22-9(6-19)13(27-16)15(25)26/h8,20H,2-5H2,1H3,(H,21,24)(H,25,26). The molecule has 3 heterocycles. The minimum absolute atomic E-state index is 0.0541. The van der Waals surface area contributed by atoms with Crippen LogP contribution in [0, 0.1) is 18.3 Å². The van der Waals surface area contributed by atoms with Crippen molar-refractivity contribution in [3.63, 3.8) is 0 Å². The summed E-state index contributed by atoms with van der Waals surface area (Å²) in [5, 5.41) is 22.1. The lowest BCUT2D eigenvalue weighted by Crippen LogP contribution is -2.44. The van der Waals surface area contributed by atoms with Gasteiger partial charge in [0.2, 0.25) is 0 Å². The van der Waals surface area contributed by atoms with Gasteiger partial charge in [-0.05, 0) is 19.8 Å². The lowest BCUT2D eigenvalue weighted by Gasteiger charge is -2.32. The highest BCUT2D eigenvalue weighted by atomic mass is 35.5. The number of aryl methyl sites for hydroxylation is 1. The average Bonchev–Trinajstić information content (AvgIpc) is 3.19. The van der Waals surface area contributed by atoms with Gasteiger partial charge in [0.25, 0.3) is 5.91 Å². The van der Waals surface area contributed by atoms with E-state index in [0.717, 1.165) is 11.3 Å². The maximum absolute atomic E-state index is 12.4. The number of nitrogens with one attached hydrogen (secondary N) is 2. The van der Waals surface area contributed by atoms with Crippen molar-refractivity contribution in [2.45, 2.75) is 25.8 Å². The van der Waals surface area contributed by atoms with Crippen LogP contribution < -0.4 is 10.2 Å². The Bertz CT molecular complexity index is 941. The second-order valence-corrected chi connectivity index (χ2v) is 7.81. The number of carboxylic acids is 1. The van der Waals surface area contributed by atoms with Crippen molar-refractivity contribution < 1.29 is 14.7 Å². The maximum Gasteiger partial charge on any atom is 0.349 e. The first kappa shape index (κ1) is 19.5. The molecule has 11 heteroatoms.